The Morgan fingerprint density at radius 2 is 1.82 bits per heavy atom. The number of piperazine rings is 1. The molecular formula is C29H26N6O4. The van der Waals surface area contributed by atoms with Crippen molar-refractivity contribution >= 4 is 23.3 Å². The van der Waals surface area contributed by atoms with Crippen molar-refractivity contribution in [1.82, 2.24) is 14.8 Å². The van der Waals surface area contributed by atoms with Gasteiger partial charge in [0.25, 0.3) is 5.91 Å². The van der Waals surface area contributed by atoms with Crippen LogP contribution in [0.4, 0.5) is 11.5 Å². The van der Waals surface area contributed by atoms with E-state index in [1.807, 2.05) is 11.0 Å². The summed E-state index contributed by atoms with van der Waals surface area (Å²) in [4.78, 5) is 33.3. The number of nitrogens with two attached hydrogens (primary N) is 1. The average Bonchev–Trinajstić information content (AvgIpc) is 3.48. The summed E-state index contributed by atoms with van der Waals surface area (Å²) >= 11 is 0. The van der Waals surface area contributed by atoms with Crippen molar-refractivity contribution in [1.29, 1.82) is 5.26 Å². The molecule has 196 valence electrons. The van der Waals surface area contributed by atoms with Gasteiger partial charge in [0.1, 0.15) is 23.2 Å². The normalized spacial score (nSPS) is 13.6. The molecule has 10 nitrogen and oxygen atoms in total. The Hall–Kier alpha value is -5.14. The summed E-state index contributed by atoms with van der Waals surface area (Å²) in [5.74, 6) is 0.0616. The van der Waals surface area contributed by atoms with Gasteiger partial charge >= 0.3 is 0 Å². The van der Waals surface area contributed by atoms with E-state index in [9.17, 15) is 20.0 Å². The summed E-state index contributed by atoms with van der Waals surface area (Å²) in [5.41, 5.74) is 9.01. The third-order valence-electron chi connectivity index (χ3n) is 6.56. The first kappa shape index (κ1) is 25.5. The van der Waals surface area contributed by atoms with Crippen molar-refractivity contribution in [2.45, 2.75) is 0 Å². The standard InChI is InChI=1S/C29H26N6O4/c30-17-23-22(16-24(33-28(23)31)21-7-1-2-8-25(21)36)19-5-3-6-20(15-19)32-27(37)18-34-10-12-35(13-11-34)29(38)26-9-4-14-39-26/h1-9,14-16,36H,10-13,18H2,(H2,31,33)(H,32,37). The Bertz CT molecular complexity index is 1550. The van der Waals surface area contributed by atoms with Gasteiger partial charge in [-0.05, 0) is 48.0 Å². The molecule has 5 rings (SSSR count). The quantitative estimate of drug-likeness (QED) is 0.348. The first-order valence-corrected chi connectivity index (χ1v) is 12.4. The molecule has 10 heteroatoms. The number of carbonyl (C=O) groups excluding carboxylic acids is 2. The Labute approximate surface area is 224 Å². The number of nitriles is 1. The number of para-hydroxylation sites is 1. The maximum Gasteiger partial charge on any atom is 0.289 e. The molecule has 3 heterocycles. The molecule has 1 saturated heterocycles. The molecule has 1 aliphatic rings. The van der Waals surface area contributed by atoms with Crippen LogP contribution < -0.4 is 11.1 Å². The molecule has 0 aliphatic carbocycles. The summed E-state index contributed by atoms with van der Waals surface area (Å²) in [6, 6.07) is 21.0. The number of nitrogen functional groups attached to an aromatic ring is 1. The van der Waals surface area contributed by atoms with Crippen molar-refractivity contribution in [3.8, 4) is 34.2 Å². The number of rotatable bonds is 6. The second-order valence-electron chi connectivity index (χ2n) is 9.12. The molecule has 4 N–H and O–H groups in total. The number of hydrogen-bond acceptors (Lipinski definition) is 8. The summed E-state index contributed by atoms with van der Waals surface area (Å²) < 4.78 is 5.19. The number of furan rings is 1. The van der Waals surface area contributed by atoms with E-state index < -0.39 is 0 Å². The number of nitrogens with one attached hydrogen (secondary N) is 1. The second kappa shape index (κ2) is 11.1. The zero-order chi connectivity index (χ0) is 27.4. The highest BCUT2D eigenvalue weighted by Gasteiger charge is 2.24. The number of hydrogen-bond donors (Lipinski definition) is 3. The van der Waals surface area contributed by atoms with Gasteiger partial charge in [-0.3, -0.25) is 14.5 Å². The van der Waals surface area contributed by atoms with E-state index in [-0.39, 0.29) is 35.5 Å². The molecule has 1 aliphatic heterocycles. The molecule has 4 aromatic rings. The van der Waals surface area contributed by atoms with E-state index >= 15 is 0 Å². The van der Waals surface area contributed by atoms with Crippen molar-refractivity contribution in [2.75, 3.05) is 43.8 Å². The fourth-order valence-electron chi connectivity index (χ4n) is 4.57. The molecular weight excluding hydrogens is 496 g/mol. The molecule has 0 bridgehead atoms. The van der Waals surface area contributed by atoms with Gasteiger partial charge in [-0.15, -0.1) is 0 Å². The minimum absolute atomic E-state index is 0.0484. The number of amides is 2. The molecule has 39 heavy (non-hydrogen) atoms. The number of phenolic OH excluding ortho intramolecular Hbond substituents is 1. The molecule has 0 saturated carbocycles. The molecule has 2 aromatic carbocycles. The minimum Gasteiger partial charge on any atom is -0.507 e. The van der Waals surface area contributed by atoms with Gasteiger partial charge in [0.15, 0.2) is 5.76 Å². The highest BCUT2D eigenvalue weighted by molar-refractivity contribution is 5.94. The van der Waals surface area contributed by atoms with Gasteiger partial charge in [-0.25, -0.2) is 4.98 Å². The monoisotopic (exact) mass is 522 g/mol. The summed E-state index contributed by atoms with van der Waals surface area (Å²) in [7, 11) is 0. The van der Waals surface area contributed by atoms with Crippen LogP contribution in [0, 0.1) is 11.3 Å². The second-order valence-corrected chi connectivity index (χ2v) is 9.12. The van der Waals surface area contributed by atoms with Crippen molar-refractivity contribution in [3.63, 3.8) is 0 Å². The fraction of sp³-hybridized carbons (Fsp3) is 0.172. The van der Waals surface area contributed by atoms with Crippen LogP contribution in [0.2, 0.25) is 0 Å². The molecule has 0 atom stereocenters. The Morgan fingerprint density at radius 3 is 2.54 bits per heavy atom. The zero-order valence-corrected chi connectivity index (χ0v) is 21.0. The summed E-state index contributed by atoms with van der Waals surface area (Å²) in [6.45, 7) is 2.31. The van der Waals surface area contributed by atoms with E-state index in [1.54, 1.807) is 65.6 Å². The van der Waals surface area contributed by atoms with Crippen LogP contribution in [0.3, 0.4) is 0 Å². The predicted octanol–water partition coefficient (Wildman–Crippen LogP) is 3.56. The minimum atomic E-state index is -0.192. The van der Waals surface area contributed by atoms with Crippen LogP contribution in [0.1, 0.15) is 16.1 Å². The number of aromatic hydroxyl groups is 1. The summed E-state index contributed by atoms with van der Waals surface area (Å²) in [6.07, 6.45) is 1.47. The number of anilines is 2. The number of carbonyl (C=O) groups is 2. The molecule has 0 spiro atoms. The lowest BCUT2D eigenvalue weighted by Gasteiger charge is -2.33. The van der Waals surface area contributed by atoms with Crippen LogP contribution in [0.5, 0.6) is 5.75 Å². The predicted molar refractivity (Wildman–Crippen MR) is 146 cm³/mol. The van der Waals surface area contributed by atoms with Crippen LogP contribution in [0.15, 0.2) is 77.4 Å². The Morgan fingerprint density at radius 1 is 1.03 bits per heavy atom. The first-order valence-electron chi connectivity index (χ1n) is 12.4. The topological polar surface area (TPSA) is 149 Å². The van der Waals surface area contributed by atoms with Crippen molar-refractivity contribution in [3.05, 3.63) is 84.3 Å². The van der Waals surface area contributed by atoms with Gasteiger partial charge < -0.3 is 25.5 Å². The number of pyridine rings is 1. The Balaban J connectivity index is 1.28. The van der Waals surface area contributed by atoms with Gasteiger partial charge in [0.05, 0.1) is 18.5 Å². The number of benzene rings is 2. The maximum atomic E-state index is 12.8. The van der Waals surface area contributed by atoms with Gasteiger partial charge in [0.2, 0.25) is 5.91 Å². The van der Waals surface area contributed by atoms with E-state index in [0.29, 0.717) is 60.0 Å². The van der Waals surface area contributed by atoms with Crippen molar-refractivity contribution in [2.24, 2.45) is 0 Å². The largest absolute Gasteiger partial charge is 0.507 e. The third-order valence-corrected chi connectivity index (χ3v) is 6.56. The van der Waals surface area contributed by atoms with Gasteiger partial charge in [0, 0.05) is 43.0 Å². The third kappa shape index (κ3) is 5.58. The average molecular weight is 523 g/mol. The maximum absolute atomic E-state index is 12.8. The molecule has 0 radical (unpaired) electrons. The SMILES string of the molecule is N#Cc1c(-c2cccc(NC(=O)CN3CCN(C(=O)c4ccco4)CC3)c2)cc(-c2ccccc2O)nc1N. The highest BCUT2D eigenvalue weighted by Crippen LogP contribution is 2.35. The fourth-order valence-corrected chi connectivity index (χ4v) is 4.57. The zero-order valence-electron chi connectivity index (χ0n) is 21.0. The molecule has 0 unspecified atom stereocenters. The molecule has 2 aromatic heterocycles. The first-order chi connectivity index (χ1) is 18.9. The Kier molecular flexibility index (Phi) is 7.25. The number of phenols is 1. The lowest BCUT2D eigenvalue weighted by Crippen LogP contribution is -2.50. The highest BCUT2D eigenvalue weighted by atomic mass is 16.3. The molecule has 2 amide bonds. The number of nitrogens with zero attached hydrogens (tertiary/aromatic N) is 4. The van der Waals surface area contributed by atoms with Crippen LogP contribution in [-0.2, 0) is 4.79 Å². The molecule has 1 fully saturated rings. The van der Waals surface area contributed by atoms with Crippen LogP contribution in [-0.4, -0.2) is 64.4 Å². The van der Waals surface area contributed by atoms with E-state index in [0.717, 1.165) is 0 Å². The van der Waals surface area contributed by atoms with Crippen molar-refractivity contribution < 1.29 is 19.1 Å². The van der Waals surface area contributed by atoms with E-state index in [2.05, 4.69) is 16.4 Å². The number of aromatic nitrogens is 1. The van der Waals surface area contributed by atoms with E-state index in [1.165, 1.54) is 6.26 Å². The summed E-state index contributed by atoms with van der Waals surface area (Å²) in [5, 5.41) is 23.0. The van der Waals surface area contributed by atoms with Gasteiger partial charge in [-0.2, -0.15) is 5.26 Å². The lowest BCUT2D eigenvalue weighted by atomic mass is 9.98. The van der Waals surface area contributed by atoms with Gasteiger partial charge in [-0.1, -0.05) is 24.3 Å². The van der Waals surface area contributed by atoms with Crippen LogP contribution in [0.25, 0.3) is 22.4 Å². The van der Waals surface area contributed by atoms with Crippen LogP contribution >= 0.6 is 0 Å². The lowest BCUT2D eigenvalue weighted by molar-refractivity contribution is -0.117. The van der Waals surface area contributed by atoms with E-state index in [4.69, 9.17) is 10.2 Å². The smallest absolute Gasteiger partial charge is 0.289 e.